The number of fused-ring (bicyclic) bond motifs is 1. The Labute approximate surface area is 183 Å². The summed E-state index contributed by atoms with van der Waals surface area (Å²) in [5, 5.41) is 10.3. The molecule has 2 N–H and O–H groups in total. The molecule has 0 unspecified atom stereocenters. The summed E-state index contributed by atoms with van der Waals surface area (Å²) in [5.74, 6) is -0.827. The van der Waals surface area contributed by atoms with Crippen molar-refractivity contribution in [3.8, 4) is 0 Å². The summed E-state index contributed by atoms with van der Waals surface area (Å²) in [6.07, 6.45) is 6.22. The summed E-state index contributed by atoms with van der Waals surface area (Å²) < 4.78 is 6.95. The van der Waals surface area contributed by atoms with Crippen LogP contribution in [0.5, 0.6) is 0 Å². The van der Waals surface area contributed by atoms with Gasteiger partial charge in [-0.2, -0.15) is 5.10 Å². The molecule has 1 fully saturated rings. The minimum atomic E-state index is -1.06. The Bertz CT molecular complexity index is 815. The summed E-state index contributed by atoms with van der Waals surface area (Å²) in [4.78, 5) is 40.0. The fraction of sp³-hybridized carbons (Fsp3) is 0.727. The number of amides is 3. The van der Waals surface area contributed by atoms with Crippen molar-refractivity contribution < 1.29 is 19.1 Å². The number of ether oxygens (including phenoxy) is 1. The van der Waals surface area contributed by atoms with Crippen molar-refractivity contribution in [3.63, 3.8) is 0 Å². The van der Waals surface area contributed by atoms with Crippen molar-refractivity contribution in [2.45, 2.75) is 83.5 Å². The van der Waals surface area contributed by atoms with Crippen LogP contribution in [0.2, 0.25) is 0 Å². The zero-order valence-corrected chi connectivity index (χ0v) is 19.1. The fourth-order valence-electron chi connectivity index (χ4n) is 4.11. The molecule has 3 rings (SSSR count). The minimum Gasteiger partial charge on any atom is -0.379 e. The standard InChI is InChI=1S/C22H35N5O4/c1-15(2)31-12-8-11-23-19(28)17-13-18-20(29)26(4)22(3,14-27(18)25-17)21(30)24-16-9-6-5-7-10-16/h13,15-16H,5-12,14H2,1-4H3,(H,23,28)(H,24,30)/t22-/m0/s1. The molecule has 2 aliphatic rings. The van der Waals surface area contributed by atoms with Gasteiger partial charge in [-0.05, 0) is 40.0 Å². The van der Waals surface area contributed by atoms with E-state index in [1.165, 1.54) is 22.1 Å². The molecule has 31 heavy (non-hydrogen) atoms. The molecule has 1 saturated carbocycles. The average Bonchev–Trinajstić information content (AvgIpc) is 3.16. The van der Waals surface area contributed by atoms with Gasteiger partial charge in [0, 0.05) is 32.3 Å². The van der Waals surface area contributed by atoms with Crippen LogP contribution < -0.4 is 10.6 Å². The maximum atomic E-state index is 13.1. The molecule has 0 bridgehead atoms. The van der Waals surface area contributed by atoms with Gasteiger partial charge in [-0.25, -0.2) is 0 Å². The number of likely N-dealkylation sites (N-methyl/N-ethyl adjacent to an activating group) is 1. The van der Waals surface area contributed by atoms with Gasteiger partial charge >= 0.3 is 0 Å². The highest BCUT2D eigenvalue weighted by molar-refractivity contribution is 6.01. The van der Waals surface area contributed by atoms with E-state index in [1.807, 2.05) is 13.8 Å². The molecule has 2 heterocycles. The molecule has 172 valence electrons. The first kappa shape index (κ1) is 23.2. The number of aromatic nitrogens is 2. The molecule has 0 aromatic carbocycles. The molecular weight excluding hydrogens is 398 g/mol. The van der Waals surface area contributed by atoms with E-state index in [0.717, 1.165) is 25.7 Å². The number of hydrogen-bond donors (Lipinski definition) is 2. The maximum absolute atomic E-state index is 13.1. The van der Waals surface area contributed by atoms with Crippen LogP contribution >= 0.6 is 0 Å². The number of carbonyl (C=O) groups is 3. The van der Waals surface area contributed by atoms with Crippen LogP contribution in [0.25, 0.3) is 0 Å². The molecule has 0 radical (unpaired) electrons. The van der Waals surface area contributed by atoms with E-state index in [1.54, 1.807) is 14.0 Å². The SMILES string of the molecule is CC(C)OCCCNC(=O)c1cc2n(n1)C[C@@](C)(C(=O)NC1CCCCC1)N(C)C2=O. The van der Waals surface area contributed by atoms with Gasteiger partial charge in [-0.1, -0.05) is 19.3 Å². The predicted octanol–water partition coefficient (Wildman–Crippen LogP) is 1.72. The Hall–Kier alpha value is -2.42. The summed E-state index contributed by atoms with van der Waals surface area (Å²) in [6, 6.07) is 1.65. The first-order valence-electron chi connectivity index (χ1n) is 11.3. The lowest BCUT2D eigenvalue weighted by Gasteiger charge is -2.41. The topological polar surface area (TPSA) is 106 Å². The second-order valence-electron chi connectivity index (χ2n) is 9.05. The molecule has 9 heteroatoms. The lowest BCUT2D eigenvalue weighted by molar-refractivity contribution is -0.133. The summed E-state index contributed by atoms with van der Waals surface area (Å²) in [5.41, 5.74) is -0.563. The van der Waals surface area contributed by atoms with Gasteiger partial charge in [0.2, 0.25) is 5.91 Å². The Kier molecular flexibility index (Phi) is 7.35. The molecule has 1 atom stereocenters. The van der Waals surface area contributed by atoms with Gasteiger partial charge in [0.25, 0.3) is 11.8 Å². The second kappa shape index (κ2) is 9.80. The molecule has 0 saturated heterocycles. The number of nitrogens with one attached hydrogen (secondary N) is 2. The van der Waals surface area contributed by atoms with Crippen molar-refractivity contribution in [3.05, 3.63) is 17.5 Å². The van der Waals surface area contributed by atoms with Crippen LogP contribution in [0, 0.1) is 0 Å². The highest BCUT2D eigenvalue weighted by atomic mass is 16.5. The van der Waals surface area contributed by atoms with Crippen molar-refractivity contribution in [1.29, 1.82) is 0 Å². The first-order chi connectivity index (χ1) is 14.7. The van der Waals surface area contributed by atoms with Crippen molar-refractivity contribution in [2.75, 3.05) is 20.2 Å². The molecular formula is C22H35N5O4. The third kappa shape index (κ3) is 5.26. The van der Waals surface area contributed by atoms with Crippen LogP contribution in [0.3, 0.4) is 0 Å². The largest absolute Gasteiger partial charge is 0.379 e. The second-order valence-corrected chi connectivity index (χ2v) is 9.05. The smallest absolute Gasteiger partial charge is 0.272 e. The highest BCUT2D eigenvalue weighted by Crippen LogP contribution is 2.27. The Morgan fingerprint density at radius 2 is 2.00 bits per heavy atom. The van der Waals surface area contributed by atoms with Gasteiger partial charge in [0.15, 0.2) is 5.69 Å². The predicted molar refractivity (Wildman–Crippen MR) is 116 cm³/mol. The van der Waals surface area contributed by atoms with Crippen molar-refractivity contribution in [1.82, 2.24) is 25.3 Å². The van der Waals surface area contributed by atoms with Gasteiger partial charge in [0.1, 0.15) is 11.2 Å². The molecule has 1 aromatic heterocycles. The molecule has 1 aliphatic heterocycles. The zero-order valence-electron chi connectivity index (χ0n) is 19.1. The minimum absolute atomic E-state index is 0.154. The fourth-order valence-corrected chi connectivity index (χ4v) is 4.11. The summed E-state index contributed by atoms with van der Waals surface area (Å²) in [6.45, 7) is 6.91. The normalized spacial score (nSPS) is 21.8. The number of carbonyl (C=O) groups excluding carboxylic acids is 3. The quantitative estimate of drug-likeness (QED) is 0.608. The van der Waals surface area contributed by atoms with Crippen LogP contribution in [0.4, 0.5) is 0 Å². The van der Waals surface area contributed by atoms with Gasteiger partial charge in [-0.3, -0.25) is 19.1 Å². The summed E-state index contributed by atoms with van der Waals surface area (Å²) in [7, 11) is 1.63. The van der Waals surface area contributed by atoms with E-state index in [-0.39, 0.29) is 42.1 Å². The number of nitrogens with zero attached hydrogens (tertiary/aromatic N) is 3. The Morgan fingerprint density at radius 1 is 1.29 bits per heavy atom. The third-order valence-corrected chi connectivity index (χ3v) is 6.22. The van der Waals surface area contributed by atoms with Crippen molar-refractivity contribution in [2.24, 2.45) is 0 Å². The van der Waals surface area contributed by atoms with Gasteiger partial charge in [-0.15, -0.1) is 0 Å². The molecule has 1 aliphatic carbocycles. The lowest BCUT2D eigenvalue weighted by atomic mass is 9.92. The van der Waals surface area contributed by atoms with Crippen LogP contribution in [0.15, 0.2) is 6.07 Å². The Balaban J connectivity index is 1.65. The zero-order chi connectivity index (χ0) is 22.6. The van der Waals surface area contributed by atoms with Crippen molar-refractivity contribution >= 4 is 17.7 Å². The molecule has 0 spiro atoms. The van der Waals surface area contributed by atoms with E-state index in [0.29, 0.717) is 25.3 Å². The van der Waals surface area contributed by atoms with E-state index in [9.17, 15) is 14.4 Å². The number of rotatable bonds is 8. The van der Waals surface area contributed by atoms with Gasteiger partial charge in [0.05, 0.1) is 12.6 Å². The first-order valence-corrected chi connectivity index (χ1v) is 11.3. The third-order valence-electron chi connectivity index (χ3n) is 6.22. The molecule has 3 amide bonds. The van der Waals surface area contributed by atoms with Crippen LogP contribution in [0.1, 0.15) is 80.3 Å². The van der Waals surface area contributed by atoms with Crippen LogP contribution in [-0.2, 0) is 16.1 Å². The van der Waals surface area contributed by atoms with E-state index >= 15 is 0 Å². The lowest BCUT2D eigenvalue weighted by Crippen LogP contribution is -2.63. The average molecular weight is 434 g/mol. The van der Waals surface area contributed by atoms with Crippen LogP contribution in [-0.4, -0.2) is 70.3 Å². The van der Waals surface area contributed by atoms with E-state index in [4.69, 9.17) is 4.74 Å². The molecule has 1 aromatic rings. The summed E-state index contributed by atoms with van der Waals surface area (Å²) >= 11 is 0. The van der Waals surface area contributed by atoms with Gasteiger partial charge < -0.3 is 20.3 Å². The maximum Gasteiger partial charge on any atom is 0.272 e. The highest BCUT2D eigenvalue weighted by Gasteiger charge is 2.46. The molecule has 9 nitrogen and oxygen atoms in total. The number of hydrogen-bond acceptors (Lipinski definition) is 5. The monoisotopic (exact) mass is 433 g/mol. The Morgan fingerprint density at radius 3 is 2.68 bits per heavy atom. The van der Waals surface area contributed by atoms with E-state index in [2.05, 4.69) is 15.7 Å². The van der Waals surface area contributed by atoms with E-state index < -0.39 is 5.54 Å².